The molecule has 0 fully saturated rings. The SMILES string of the molecule is O=C(Nc1ccc2sncc2c1)c1ccc(Cl)cc1Cl. The third-order valence-electron chi connectivity index (χ3n) is 2.79. The minimum absolute atomic E-state index is 0.269. The van der Waals surface area contributed by atoms with Crippen molar-refractivity contribution in [1.29, 1.82) is 0 Å². The number of nitrogens with zero attached hydrogens (tertiary/aromatic N) is 1. The van der Waals surface area contributed by atoms with E-state index in [-0.39, 0.29) is 5.91 Å². The first kappa shape index (κ1) is 13.4. The van der Waals surface area contributed by atoms with Crippen LogP contribution in [-0.4, -0.2) is 10.3 Å². The highest BCUT2D eigenvalue weighted by Crippen LogP contribution is 2.24. The molecule has 0 spiro atoms. The van der Waals surface area contributed by atoms with Gasteiger partial charge in [0.25, 0.3) is 5.91 Å². The Hall–Kier alpha value is -1.62. The number of benzene rings is 2. The van der Waals surface area contributed by atoms with E-state index in [1.165, 1.54) is 11.5 Å². The fraction of sp³-hybridized carbons (Fsp3) is 0. The molecule has 1 heterocycles. The number of carbonyl (C=O) groups is 1. The Bertz CT molecular complexity index is 801. The van der Waals surface area contributed by atoms with Crippen LogP contribution in [-0.2, 0) is 0 Å². The summed E-state index contributed by atoms with van der Waals surface area (Å²) in [6.45, 7) is 0. The van der Waals surface area contributed by atoms with Crippen molar-refractivity contribution in [2.75, 3.05) is 5.32 Å². The molecule has 20 heavy (non-hydrogen) atoms. The fourth-order valence-electron chi connectivity index (χ4n) is 1.82. The van der Waals surface area contributed by atoms with Gasteiger partial charge in [0.15, 0.2) is 0 Å². The van der Waals surface area contributed by atoms with Crippen molar-refractivity contribution in [3.8, 4) is 0 Å². The summed E-state index contributed by atoms with van der Waals surface area (Å²) in [6.07, 6.45) is 1.77. The molecule has 100 valence electrons. The monoisotopic (exact) mass is 322 g/mol. The van der Waals surface area contributed by atoms with Gasteiger partial charge in [-0.15, -0.1) is 0 Å². The van der Waals surface area contributed by atoms with Crippen LogP contribution >= 0.6 is 34.7 Å². The minimum Gasteiger partial charge on any atom is -0.322 e. The number of rotatable bonds is 2. The normalized spacial score (nSPS) is 10.7. The average Bonchev–Trinajstić information content (AvgIpc) is 2.85. The molecule has 3 aromatic rings. The third kappa shape index (κ3) is 2.63. The molecular formula is C14H8Cl2N2OS. The highest BCUT2D eigenvalue weighted by molar-refractivity contribution is 7.13. The van der Waals surface area contributed by atoms with Gasteiger partial charge in [-0.2, -0.15) is 4.37 Å². The van der Waals surface area contributed by atoms with Crippen molar-refractivity contribution in [2.45, 2.75) is 0 Å². The van der Waals surface area contributed by atoms with Crippen LogP contribution in [0.4, 0.5) is 5.69 Å². The molecule has 0 radical (unpaired) electrons. The second-order valence-electron chi connectivity index (χ2n) is 4.16. The molecule has 0 aliphatic carbocycles. The summed E-state index contributed by atoms with van der Waals surface area (Å²) in [5, 5.41) is 4.63. The van der Waals surface area contributed by atoms with Gasteiger partial charge in [0.1, 0.15) is 0 Å². The smallest absolute Gasteiger partial charge is 0.257 e. The maximum Gasteiger partial charge on any atom is 0.257 e. The number of hydrogen-bond donors (Lipinski definition) is 1. The Morgan fingerprint density at radius 1 is 1.15 bits per heavy atom. The van der Waals surface area contributed by atoms with E-state index in [2.05, 4.69) is 9.69 Å². The summed E-state index contributed by atoms with van der Waals surface area (Å²) in [4.78, 5) is 12.2. The van der Waals surface area contributed by atoms with Gasteiger partial charge in [-0.3, -0.25) is 4.79 Å². The van der Waals surface area contributed by atoms with Crippen molar-refractivity contribution in [3.63, 3.8) is 0 Å². The van der Waals surface area contributed by atoms with Gasteiger partial charge in [0, 0.05) is 22.3 Å². The molecule has 3 nitrogen and oxygen atoms in total. The molecule has 2 aromatic carbocycles. The summed E-state index contributed by atoms with van der Waals surface area (Å²) in [6, 6.07) is 10.4. The number of fused-ring (bicyclic) bond motifs is 1. The molecule has 1 amide bonds. The first-order valence-electron chi connectivity index (χ1n) is 5.74. The van der Waals surface area contributed by atoms with Gasteiger partial charge in [0.05, 0.1) is 15.3 Å². The molecule has 6 heteroatoms. The number of halogens is 2. The quantitative estimate of drug-likeness (QED) is 0.732. The standard InChI is InChI=1S/C14H8Cl2N2OS/c15-9-1-3-11(12(16)6-9)14(19)18-10-2-4-13-8(5-10)7-17-20-13/h1-7H,(H,18,19). The molecule has 0 atom stereocenters. The highest BCUT2D eigenvalue weighted by Gasteiger charge is 2.11. The van der Waals surface area contributed by atoms with Gasteiger partial charge in [-0.25, -0.2) is 0 Å². The van der Waals surface area contributed by atoms with E-state index in [1.54, 1.807) is 24.4 Å². The molecule has 1 aromatic heterocycles. The first-order chi connectivity index (χ1) is 9.63. The summed E-state index contributed by atoms with van der Waals surface area (Å²) in [7, 11) is 0. The summed E-state index contributed by atoms with van der Waals surface area (Å²) >= 11 is 13.2. The second kappa shape index (κ2) is 5.40. The number of nitrogens with one attached hydrogen (secondary N) is 1. The Kier molecular flexibility index (Phi) is 3.61. The van der Waals surface area contributed by atoms with Gasteiger partial charge >= 0.3 is 0 Å². The zero-order chi connectivity index (χ0) is 14.1. The predicted molar refractivity (Wildman–Crippen MR) is 84.0 cm³/mol. The van der Waals surface area contributed by atoms with E-state index in [4.69, 9.17) is 23.2 Å². The van der Waals surface area contributed by atoms with Crippen LogP contribution in [0, 0.1) is 0 Å². The maximum atomic E-state index is 12.2. The lowest BCUT2D eigenvalue weighted by molar-refractivity contribution is 0.102. The van der Waals surface area contributed by atoms with Gasteiger partial charge in [0.2, 0.25) is 0 Å². The number of hydrogen-bond acceptors (Lipinski definition) is 3. The van der Waals surface area contributed by atoms with Crippen molar-refractivity contribution < 1.29 is 4.79 Å². The third-order valence-corrected chi connectivity index (χ3v) is 4.11. The van der Waals surface area contributed by atoms with Crippen molar-refractivity contribution >= 4 is 56.4 Å². The van der Waals surface area contributed by atoms with E-state index in [9.17, 15) is 4.79 Å². The van der Waals surface area contributed by atoms with Crippen LogP contribution in [0.1, 0.15) is 10.4 Å². The Morgan fingerprint density at radius 2 is 2.00 bits per heavy atom. The van der Waals surface area contributed by atoms with E-state index in [0.29, 0.717) is 21.3 Å². The van der Waals surface area contributed by atoms with Crippen LogP contribution in [0.15, 0.2) is 42.6 Å². The molecule has 0 aliphatic heterocycles. The Morgan fingerprint density at radius 3 is 2.80 bits per heavy atom. The van der Waals surface area contributed by atoms with Crippen LogP contribution < -0.4 is 5.32 Å². The average molecular weight is 323 g/mol. The minimum atomic E-state index is -0.269. The maximum absolute atomic E-state index is 12.2. The number of anilines is 1. The number of amides is 1. The first-order valence-corrected chi connectivity index (χ1v) is 7.27. The number of carbonyl (C=O) groups excluding carboxylic acids is 1. The highest BCUT2D eigenvalue weighted by atomic mass is 35.5. The molecule has 0 saturated carbocycles. The van der Waals surface area contributed by atoms with Crippen LogP contribution in [0.25, 0.3) is 10.1 Å². The van der Waals surface area contributed by atoms with Crippen LogP contribution in [0.3, 0.4) is 0 Å². The molecular weight excluding hydrogens is 315 g/mol. The topological polar surface area (TPSA) is 42.0 Å². The predicted octanol–water partition coefficient (Wildman–Crippen LogP) is 4.86. The number of aromatic nitrogens is 1. The van der Waals surface area contributed by atoms with Crippen molar-refractivity contribution in [1.82, 2.24) is 4.37 Å². The lowest BCUT2D eigenvalue weighted by Gasteiger charge is -2.07. The van der Waals surface area contributed by atoms with Gasteiger partial charge in [-0.05, 0) is 47.9 Å². The van der Waals surface area contributed by atoms with Crippen molar-refractivity contribution in [2.24, 2.45) is 0 Å². The zero-order valence-electron chi connectivity index (χ0n) is 10.1. The molecule has 1 N–H and O–H groups in total. The lowest BCUT2D eigenvalue weighted by atomic mass is 10.2. The van der Waals surface area contributed by atoms with Gasteiger partial charge in [-0.1, -0.05) is 23.2 Å². The Balaban J connectivity index is 1.87. The summed E-state index contributed by atoms with van der Waals surface area (Å²) in [5.41, 5.74) is 1.09. The van der Waals surface area contributed by atoms with E-state index in [1.807, 2.05) is 18.2 Å². The summed E-state index contributed by atoms with van der Waals surface area (Å²) in [5.74, 6) is -0.269. The van der Waals surface area contributed by atoms with Crippen LogP contribution in [0.5, 0.6) is 0 Å². The summed E-state index contributed by atoms with van der Waals surface area (Å²) < 4.78 is 5.17. The van der Waals surface area contributed by atoms with Gasteiger partial charge < -0.3 is 5.32 Å². The van der Waals surface area contributed by atoms with Crippen molar-refractivity contribution in [3.05, 3.63) is 58.2 Å². The van der Waals surface area contributed by atoms with E-state index >= 15 is 0 Å². The Labute approximate surface area is 129 Å². The molecule has 0 saturated heterocycles. The lowest BCUT2D eigenvalue weighted by Crippen LogP contribution is -2.12. The van der Waals surface area contributed by atoms with E-state index < -0.39 is 0 Å². The molecule has 0 bridgehead atoms. The molecule has 3 rings (SSSR count). The zero-order valence-corrected chi connectivity index (χ0v) is 12.4. The van der Waals surface area contributed by atoms with Crippen LogP contribution in [0.2, 0.25) is 10.0 Å². The largest absolute Gasteiger partial charge is 0.322 e. The fourth-order valence-corrected chi connectivity index (χ4v) is 2.94. The molecule has 0 aliphatic rings. The molecule has 0 unspecified atom stereocenters. The second-order valence-corrected chi connectivity index (χ2v) is 5.83. The van der Waals surface area contributed by atoms with E-state index in [0.717, 1.165) is 10.1 Å².